The van der Waals surface area contributed by atoms with Crippen LogP contribution in [0.4, 0.5) is 0 Å². The lowest BCUT2D eigenvalue weighted by molar-refractivity contribution is 0.0555. The quantitative estimate of drug-likeness (QED) is 0.576. The van der Waals surface area contributed by atoms with Gasteiger partial charge in [-0.25, -0.2) is 18.0 Å². The minimum atomic E-state index is -3.93. The maximum absolute atomic E-state index is 12.9. The number of ketones is 1. The first-order chi connectivity index (χ1) is 12.7. The third-order valence-corrected chi connectivity index (χ3v) is 6.31. The van der Waals surface area contributed by atoms with Crippen molar-refractivity contribution in [3.8, 4) is 0 Å². The fourth-order valence-electron chi connectivity index (χ4n) is 3.36. The number of rotatable bonds is 4. The van der Waals surface area contributed by atoms with Crippen LogP contribution in [0.3, 0.4) is 0 Å². The van der Waals surface area contributed by atoms with Gasteiger partial charge in [-0.3, -0.25) is 4.79 Å². The largest absolute Gasteiger partial charge is 0.465 e. The summed E-state index contributed by atoms with van der Waals surface area (Å²) in [7, 11) is -1.66. The third-order valence-electron chi connectivity index (χ3n) is 4.53. The fraction of sp³-hybridized carbons (Fsp3) is 0.278. The SMILES string of the molecule is COC(=O)c1c(C(=O)OC)c2n(c1C)[C@@H](C(=O)c1ccccc1)S(=O)(=O)C2. The molecule has 27 heavy (non-hydrogen) atoms. The number of ether oxygens (including phenoxy) is 2. The zero-order chi connectivity index (χ0) is 19.9. The number of esters is 2. The van der Waals surface area contributed by atoms with E-state index in [0.29, 0.717) is 0 Å². The van der Waals surface area contributed by atoms with Gasteiger partial charge in [0.05, 0.1) is 36.8 Å². The summed E-state index contributed by atoms with van der Waals surface area (Å²) in [6.07, 6.45) is 0. The van der Waals surface area contributed by atoms with Gasteiger partial charge in [0.15, 0.2) is 15.2 Å². The molecular formula is C18H17NO7S. The molecule has 1 aromatic carbocycles. The molecule has 1 aliphatic heterocycles. The highest BCUT2D eigenvalue weighted by Crippen LogP contribution is 2.39. The molecule has 0 radical (unpaired) electrons. The summed E-state index contributed by atoms with van der Waals surface area (Å²) in [6, 6.07) is 7.97. The first-order valence-corrected chi connectivity index (χ1v) is 9.67. The van der Waals surface area contributed by atoms with Crippen LogP contribution < -0.4 is 0 Å². The fourth-order valence-corrected chi connectivity index (χ4v) is 5.25. The van der Waals surface area contributed by atoms with Gasteiger partial charge in [-0.2, -0.15) is 0 Å². The number of nitrogens with zero attached hydrogens (tertiary/aromatic N) is 1. The first-order valence-electron chi connectivity index (χ1n) is 7.95. The molecular weight excluding hydrogens is 374 g/mol. The molecule has 2 heterocycles. The Morgan fingerprint density at radius 2 is 1.56 bits per heavy atom. The van der Waals surface area contributed by atoms with Gasteiger partial charge in [-0.05, 0) is 6.92 Å². The monoisotopic (exact) mass is 391 g/mol. The molecule has 1 aliphatic rings. The molecule has 0 spiro atoms. The van der Waals surface area contributed by atoms with E-state index in [1.807, 2.05) is 0 Å². The van der Waals surface area contributed by atoms with Crippen molar-refractivity contribution in [1.82, 2.24) is 4.57 Å². The van der Waals surface area contributed by atoms with Crippen LogP contribution in [-0.4, -0.2) is 44.9 Å². The van der Waals surface area contributed by atoms with E-state index in [0.717, 1.165) is 14.2 Å². The van der Waals surface area contributed by atoms with Crippen molar-refractivity contribution in [2.75, 3.05) is 14.2 Å². The summed E-state index contributed by atoms with van der Waals surface area (Å²) >= 11 is 0. The molecule has 0 bridgehead atoms. The van der Waals surface area contributed by atoms with Gasteiger partial charge < -0.3 is 14.0 Å². The highest BCUT2D eigenvalue weighted by atomic mass is 32.2. The van der Waals surface area contributed by atoms with Crippen molar-refractivity contribution in [1.29, 1.82) is 0 Å². The van der Waals surface area contributed by atoms with Crippen LogP contribution in [0.1, 0.15) is 47.8 Å². The highest BCUT2D eigenvalue weighted by Gasteiger charge is 2.47. The second kappa shape index (κ2) is 6.66. The maximum atomic E-state index is 12.9. The van der Waals surface area contributed by atoms with Gasteiger partial charge in [0.2, 0.25) is 5.78 Å². The van der Waals surface area contributed by atoms with Gasteiger partial charge in [-0.15, -0.1) is 0 Å². The standard InChI is InChI=1S/C18H17NO7S/c1-10-13(17(21)25-2)14(18(22)26-3)12-9-27(23,24)16(19(10)12)15(20)11-7-5-4-6-8-11/h4-8,16H,9H2,1-3H3/t16-/m1/s1. The number of Topliss-reactive ketones (excluding diaryl/α,β-unsaturated/α-hetero) is 1. The number of sulfone groups is 1. The molecule has 0 fully saturated rings. The highest BCUT2D eigenvalue weighted by molar-refractivity contribution is 7.91. The van der Waals surface area contributed by atoms with E-state index in [9.17, 15) is 22.8 Å². The van der Waals surface area contributed by atoms with Crippen molar-refractivity contribution >= 4 is 27.6 Å². The summed E-state index contributed by atoms with van der Waals surface area (Å²) in [4.78, 5) is 37.4. The van der Waals surface area contributed by atoms with Crippen molar-refractivity contribution in [3.63, 3.8) is 0 Å². The molecule has 0 aliphatic carbocycles. The van der Waals surface area contributed by atoms with E-state index in [1.54, 1.807) is 18.2 Å². The summed E-state index contributed by atoms with van der Waals surface area (Å²) in [5.74, 6) is -2.87. The van der Waals surface area contributed by atoms with Crippen LogP contribution >= 0.6 is 0 Å². The number of methoxy groups -OCH3 is 2. The lowest BCUT2D eigenvalue weighted by Gasteiger charge is -2.14. The molecule has 3 rings (SSSR count). The first kappa shape index (κ1) is 18.8. The number of hydrogen-bond donors (Lipinski definition) is 0. The third kappa shape index (κ3) is 2.84. The summed E-state index contributed by atoms with van der Waals surface area (Å²) in [5.41, 5.74) is 0.141. The second-order valence-electron chi connectivity index (χ2n) is 6.03. The Hall–Kier alpha value is -2.94. The van der Waals surface area contributed by atoms with Crippen molar-refractivity contribution in [3.05, 3.63) is 58.4 Å². The van der Waals surface area contributed by atoms with E-state index in [1.165, 1.54) is 23.6 Å². The molecule has 1 aromatic heterocycles. The smallest absolute Gasteiger partial charge is 0.340 e. The lowest BCUT2D eigenvalue weighted by atomic mass is 10.1. The average Bonchev–Trinajstić information content (AvgIpc) is 3.09. The Kier molecular flexibility index (Phi) is 4.64. The van der Waals surface area contributed by atoms with Crippen LogP contribution in [0.2, 0.25) is 0 Å². The molecule has 2 aromatic rings. The molecule has 0 saturated heterocycles. The molecule has 9 heteroatoms. The van der Waals surface area contributed by atoms with Crippen molar-refractivity contribution in [2.24, 2.45) is 0 Å². The van der Waals surface area contributed by atoms with E-state index in [-0.39, 0.29) is 28.1 Å². The van der Waals surface area contributed by atoms with Crippen LogP contribution in [0.15, 0.2) is 30.3 Å². The Morgan fingerprint density at radius 3 is 2.11 bits per heavy atom. The summed E-state index contributed by atoms with van der Waals surface area (Å²) < 4.78 is 36.2. The predicted octanol–water partition coefficient (Wildman–Crippen LogP) is 1.68. The van der Waals surface area contributed by atoms with Gasteiger partial charge in [-0.1, -0.05) is 30.3 Å². The Bertz CT molecular complexity index is 1050. The predicted molar refractivity (Wildman–Crippen MR) is 94.3 cm³/mol. The molecule has 0 saturated carbocycles. The van der Waals surface area contributed by atoms with Crippen LogP contribution in [-0.2, 0) is 25.1 Å². The zero-order valence-electron chi connectivity index (χ0n) is 14.9. The number of benzene rings is 1. The lowest BCUT2D eigenvalue weighted by Crippen LogP contribution is -2.24. The van der Waals surface area contributed by atoms with E-state index < -0.39 is 38.7 Å². The minimum absolute atomic E-state index is 0.0500. The van der Waals surface area contributed by atoms with E-state index in [2.05, 4.69) is 0 Å². The number of aromatic nitrogens is 1. The normalized spacial score (nSPS) is 17.2. The Labute approximate surface area is 155 Å². The molecule has 0 amide bonds. The zero-order valence-corrected chi connectivity index (χ0v) is 15.7. The average molecular weight is 391 g/mol. The number of carbonyl (C=O) groups is 3. The van der Waals surface area contributed by atoms with E-state index in [4.69, 9.17) is 9.47 Å². The van der Waals surface area contributed by atoms with E-state index >= 15 is 0 Å². The Balaban J connectivity index is 2.28. The second-order valence-corrected chi connectivity index (χ2v) is 8.09. The molecule has 1 atom stereocenters. The van der Waals surface area contributed by atoms with Gasteiger partial charge in [0, 0.05) is 11.3 Å². The Morgan fingerprint density at radius 1 is 1.00 bits per heavy atom. The summed E-state index contributed by atoms with van der Waals surface area (Å²) in [5, 5.41) is -1.56. The van der Waals surface area contributed by atoms with Crippen LogP contribution in [0.25, 0.3) is 0 Å². The molecule has 0 N–H and O–H groups in total. The molecule has 0 unspecified atom stereocenters. The van der Waals surface area contributed by atoms with Crippen LogP contribution in [0.5, 0.6) is 0 Å². The number of carbonyl (C=O) groups excluding carboxylic acids is 3. The van der Waals surface area contributed by atoms with Gasteiger partial charge in [0.1, 0.15) is 0 Å². The van der Waals surface area contributed by atoms with Gasteiger partial charge in [0.25, 0.3) is 0 Å². The number of fused-ring (bicyclic) bond motifs is 1. The molecule has 142 valence electrons. The topological polar surface area (TPSA) is 109 Å². The van der Waals surface area contributed by atoms with Crippen molar-refractivity contribution < 1.29 is 32.3 Å². The van der Waals surface area contributed by atoms with Crippen LogP contribution in [0, 0.1) is 6.92 Å². The van der Waals surface area contributed by atoms with Gasteiger partial charge >= 0.3 is 11.9 Å². The summed E-state index contributed by atoms with van der Waals surface area (Å²) in [6.45, 7) is 1.47. The maximum Gasteiger partial charge on any atom is 0.340 e. The number of hydrogen-bond acceptors (Lipinski definition) is 7. The minimum Gasteiger partial charge on any atom is -0.465 e. The van der Waals surface area contributed by atoms with Crippen molar-refractivity contribution in [2.45, 2.75) is 18.1 Å². The molecule has 8 nitrogen and oxygen atoms in total.